The van der Waals surface area contributed by atoms with Crippen LogP contribution in [0.2, 0.25) is 0 Å². The molecule has 2 aromatic rings. The maximum Gasteiger partial charge on any atom is 0.261 e. The summed E-state index contributed by atoms with van der Waals surface area (Å²) in [7, 11) is -1.25. The molecule has 1 aliphatic rings. The van der Waals surface area contributed by atoms with E-state index >= 15 is 0 Å². The first kappa shape index (κ1) is 18.3. The molecule has 7 nitrogen and oxygen atoms in total. The van der Waals surface area contributed by atoms with Gasteiger partial charge in [-0.2, -0.15) is 0 Å². The van der Waals surface area contributed by atoms with Crippen molar-refractivity contribution in [3.05, 3.63) is 52.4 Å². The molecule has 0 saturated heterocycles. The molecule has 0 aliphatic heterocycles. The van der Waals surface area contributed by atoms with Crippen molar-refractivity contribution in [2.24, 2.45) is 10.7 Å². The fourth-order valence-electron chi connectivity index (χ4n) is 3.04. The minimum Gasteiger partial charge on any atom is -0.398 e. The van der Waals surface area contributed by atoms with Crippen LogP contribution in [0.5, 0.6) is 0 Å². The summed E-state index contributed by atoms with van der Waals surface area (Å²) in [6.07, 6.45) is 7.22. The van der Waals surface area contributed by atoms with Gasteiger partial charge in [-0.1, -0.05) is 19.3 Å². The Morgan fingerprint density at radius 3 is 2.50 bits per heavy atom. The monoisotopic (exact) mass is 373 g/mol. The van der Waals surface area contributed by atoms with Gasteiger partial charge in [-0.25, -0.2) is 13.9 Å². The standard InChI is InChI=1S/C18H23N5O2S/c19-15-10-11-21-18(24)16(15)17(20)22-12-6-8-14(9-7-12)26(25)23-13-4-2-1-3-5-13/h6-11,13,23H,1-5H2,(H2,20,22)(H3,19,21,24). The highest BCUT2D eigenvalue weighted by atomic mass is 32.2. The molecule has 26 heavy (non-hydrogen) atoms. The van der Waals surface area contributed by atoms with E-state index in [0.29, 0.717) is 16.6 Å². The van der Waals surface area contributed by atoms with Crippen molar-refractivity contribution < 1.29 is 4.21 Å². The molecule has 6 N–H and O–H groups in total. The van der Waals surface area contributed by atoms with Crippen molar-refractivity contribution in [2.45, 2.75) is 43.0 Å². The lowest BCUT2D eigenvalue weighted by Gasteiger charge is -2.22. The third-order valence-electron chi connectivity index (χ3n) is 4.43. The summed E-state index contributed by atoms with van der Waals surface area (Å²) in [5.74, 6) is 0.0403. The van der Waals surface area contributed by atoms with E-state index in [2.05, 4.69) is 14.7 Å². The van der Waals surface area contributed by atoms with E-state index in [0.717, 1.165) is 12.8 Å². The zero-order chi connectivity index (χ0) is 18.5. The highest BCUT2D eigenvalue weighted by Gasteiger charge is 2.16. The number of anilines is 1. The second-order valence-corrected chi connectivity index (χ2v) is 7.59. The Bertz CT molecular complexity index is 870. The number of aromatic nitrogens is 1. The molecular formula is C18H23N5O2S. The molecule has 0 amide bonds. The van der Waals surface area contributed by atoms with Crippen LogP contribution in [-0.2, 0) is 11.0 Å². The maximum absolute atomic E-state index is 12.4. The lowest BCUT2D eigenvalue weighted by atomic mass is 9.96. The van der Waals surface area contributed by atoms with Crippen LogP contribution >= 0.6 is 0 Å². The Morgan fingerprint density at radius 2 is 1.85 bits per heavy atom. The molecule has 1 aromatic heterocycles. The summed E-state index contributed by atoms with van der Waals surface area (Å²) in [5.41, 5.74) is 12.3. The molecule has 1 unspecified atom stereocenters. The molecule has 0 bridgehead atoms. The number of nitrogens with one attached hydrogen (secondary N) is 2. The molecule has 1 aliphatic carbocycles. The third-order valence-corrected chi connectivity index (χ3v) is 5.68. The van der Waals surface area contributed by atoms with Crippen molar-refractivity contribution >= 4 is 28.2 Å². The normalized spacial score (nSPS) is 17.2. The molecule has 1 aromatic carbocycles. The Hall–Kier alpha value is -2.45. The van der Waals surface area contributed by atoms with Gasteiger partial charge < -0.3 is 16.5 Å². The largest absolute Gasteiger partial charge is 0.398 e. The summed E-state index contributed by atoms with van der Waals surface area (Å²) in [5, 5.41) is 0. The minimum absolute atomic E-state index is 0.0403. The second-order valence-electron chi connectivity index (χ2n) is 6.35. The zero-order valence-electron chi connectivity index (χ0n) is 14.4. The first-order valence-electron chi connectivity index (χ1n) is 8.64. The van der Waals surface area contributed by atoms with Crippen molar-refractivity contribution in [3.63, 3.8) is 0 Å². The van der Waals surface area contributed by atoms with E-state index in [1.807, 2.05) is 0 Å². The van der Waals surface area contributed by atoms with Gasteiger partial charge in [0.25, 0.3) is 5.56 Å². The van der Waals surface area contributed by atoms with E-state index < -0.39 is 11.0 Å². The van der Waals surface area contributed by atoms with Gasteiger partial charge in [-0.05, 0) is 43.2 Å². The van der Waals surface area contributed by atoms with Crippen molar-refractivity contribution in [1.29, 1.82) is 0 Å². The third kappa shape index (κ3) is 4.39. The van der Waals surface area contributed by atoms with E-state index in [1.165, 1.54) is 25.5 Å². The zero-order valence-corrected chi connectivity index (χ0v) is 15.2. The number of nitrogen functional groups attached to an aromatic ring is 1. The molecule has 1 atom stereocenters. The molecule has 8 heteroatoms. The van der Waals surface area contributed by atoms with Crippen molar-refractivity contribution in [1.82, 2.24) is 9.71 Å². The first-order valence-corrected chi connectivity index (χ1v) is 9.79. The number of rotatable bonds is 5. The molecular weight excluding hydrogens is 350 g/mol. The van der Waals surface area contributed by atoms with Crippen molar-refractivity contribution in [3.8, 4) is 0 Å². The summed E-state index contributed by atoms with van der Waals surface area (Å²) in [6.45, 7) is 0. The van der Waals surface area contributed by atoms with Gasteiger partial charge in [0.15, 0.2) is 0 Å². The smallest absolute Gasteiger partial charge is 0.261 e. The van der Waals surface area contributed by atoms with E-state index in [4.69, 9.17) is 11.5 Å². The number of amidine groups is 1. The van der Waals surface area contributed by atoms with Crippen LogP contribution in [0.1, 0.15) is 37.7 Å². The average molecular weight is 373 g/mol. The van der Waals surface area contributed by atoms with Crippen LogP contribution in [0.4, 0.5) is 11.4 Å². The number of benzene rings is 1. The van der Waals surface area contributed by atoms with Crippen LogP contribution in [-0.4, -0.2) is 21.1 Å². The molecule has 0 radical (unpaired) electrons. The minimum atomic E-state index is -1.25. The average Bonchev–Trinajstić information content (AvgIpc) is 2.63. The van der Waals surface area contributed by atoms with E-state index in [-0.39, 0.29) is 22.6 Å². The molecule has 1 heterocycles. The van der Waals surface area contributed by atoms with Gasteiger partial charge in [0.05, 0.1) is 10.6 Å². The van der Waals surface area contributed by atoms with Crippen LogP contribution in [0.25, 0.3) is 0 Å². The number of aliphatic imine (C=N–C) groups is 1. The predicted octanol–water partition coefficient (Wildman–Crippen LogP) is 1.94. The van der Waals surface area contributed by atoms with Gasteiger partial charge in [0, 0.05) is 17.9 Å². The van der Waals surface area contributed by atoms with Crippen molar-refractivity contribution in [2.75, 3.05) is 5.73 Å². The topological polar surface area (TPSA) is 126 Å². The number of hydrogen-bond acceptors (Lipinski definition) is 4. The lowest BCUT2D eigenvalue weighted by Crippen LogP contribution is -2.32. The first-order chi connectivity index (χ1) is 12.5. The highest BCUT2D eigenvalue weighted by Crippen LogP contribution is 2.20. The quantitative estimate of drug-likeness (QED) is 0.472. The van der Waals surface area contributed by atoms with Crippen LogP contribution < -0.4 is 21.7 Å². The van der Waals surface area contributed by atoms with Gasteiger partial charge >= 0.3 is 0 Å². The number of nitrogens with two attached hydrogens (primary N) is 2. The SMILES string of the molecule is NC(=Nc1ccc(S(=O)NC2CCCCC2)cc1)c1c(N)cc[nH]c1=O. The van der Waals surface area contributed by atoms with Gasteiger partial charge in [-0.3, -0.25) is 4.79 Å². The molecule has 3 rings (SSSR count). The molecule has 1 fully saturated rings. The van der Waals surface area contributed by atoms with Gasteiger partial charge in [0.2, 0.25) is 0 Å². The fourth-order valence-corrected chi connectivity index (χ4v) is 4.09. The summed E-state index contributed by atoms with van der Waals surface area (Å²) < 4.78 is 15.6. The Morgan fingerprint density at radius 1 is 1.15 bits per heavy atom. The highest BCUT2D eigenvalue weighted by molar-refractivity contribution is 7.83. The number of aromatic amines is 1. The van der Waals surface area contributed by atoms with E-state index in [1.54, 1.807) is 30.3 Å². The van der Waals surface area contributed by atoms with Gasteiger partial charge in [-0.15, -0.1) is 0 Å². The number of H-pyrrole nitrogens is 1. The number of nitrogens with zero attached hydrogens (tertiary/aromatic N) is 1. The van der Waals surface area contributed by atoms with E-state index in [9.17, 15) is 9.00 Å². The van der Waals surface area contributed by atoms with Crippen LogP contribution in [0, 0.1) is 0 Å². The molecule has 138 valence electrons. The van der Waals surface area contributed by atoms with Gasteiger partial charge in [0.1, 0.15) is 22.4 Å². The summed E-state index contributed by atoms with van der Waals surface area (Å²) in [4.78, 5) is 19.3. The predicted molar refractivity (Wildman–Crippen MR) is 105 cm³/mol. The fraction of sp³-hybridized carbons (Fsp3) is 0.333. The summed E-state index contributed by atoms with van der Waals surface area (Å²) in [6, 6.07) is 8.80. The Balaban J connectivity index is 1.72. The number of hydrogen-bond donors (Lipinski definition) is 4. The Labute approximate surface area is 154 Å². The Kier molecular flexibility index (Phi) is 5.85. The second kappa shape index (κ2) is 8.29. The summed E-state index contributed by atoms with van der Waals surface area (Å²) >= 11 is 0. The van der Waals surface area contributed by atoms with Crippen LogP contribution in [0.3, 0.4) is 0 Å². The molecule has 0 spiro atoms. The maximum atomic E-state index is 12.4. The van der Waals surface area contributed by atoms with Crippen LogP contribution in [0.15, 0.2) is 51.2 Å². The molecule has 1 saturated carbocycles. The number of pyridine rings is 1. The lowest BCUT2D eigenvalue weighted by molar-refractivity contribution is 0.419.